The Balaban J connectivity index is 1.15. The van der Waals surface area contributed by atoms with Crippen molar-refractivity contribution in [1.29, 1.82) is 0 Å². The number of piperazine rings is 1. The fourth-order valence-corrected chi connectivity index (χ4v) is 4.46. The van der Waals surface area contributed by atoms with Crippen LogP contribution in [-0.2, 0) is 20.8 Å². The third kappa shape index (κ3) is 6.90. The fraction of sp³-hybridized carbons (Fsp3) is 0.414. The topological polar surface area (TPSA) is 94.7 Å². The van der Waals surface area contributed by atoms with Gasteiger partial charge in [0.2, 0.25) is 5.91 Å². The summed E-state index contributed by atoms with van der Waals surface area (Å²) in [5.41, 5.74) is 2.57. The SMILES string of the molecule is C[C@H](OC1CCCCO1)c1nccn1Cc1cc(-c2ccc(C#CC#CCN3CCNC(=O)C3)cc2)on1. The molecule has 2 aliphatic rings. The molecule has 0 spiro atoms. The lowest BCUT2D eigenvalue weighted by Crippen LogP contribution is -2.47. The summed E-state index contributed by atoms with van der Waals surface area (Å²) >= 11 is 0. The van der Waals surface area contributed by atoms with Gasteiger partial charge in [0, 0.05) is 49.3 Å². The first-order valence-electron chi connectivity index (χ1n) is 13.0. The highest BCUT2D eigenvalue weighted by molar-refractivity contribution is 5.78. The summed E-state index contributed by atoms with van der Waals surface area (Å²) in [6, 6.07) is 9.71. The van der Waals surface area contributed by atoms with Crippen molar-refractivity contribution in [2.75, 3.05) is 32.8 Å². The van der Waals surface area contributed by atoms with Gasteiger partial charge in [-0.15, -0.1) is 0 Å². The number of amides is 1. The van der Waals surface area contributed by atoms with Crippen molar-refractivity contribution in [2.24, 2.45) is 0 Å². The van der Waals surface area contributed by atoms with E-state index < -0.39 is 0 Å². The number of hydrogen-bond acceptors (Lipinski definition) is 7. The van der Waals surface area contributed by atoms with Crippen LogP contribution in [0.15, 0.2) is 47.2 Å². The van der Waals surface area contributed by atoms with Gasteiger partial charge in [-0.25, -0.2) is 4.98 Å². The van der Waals surface area contributed by atoms with E-state index in [1.165, 1.54) is 0 Å². The van der Waals surface area contributed by atoms with Crippen molar-refractivity contribution in [3.63, 3.8) is 0 Å². The van der Waals surface area contributed by atoms with Crippen molar-refractivity contribution in [1.82, 2.24) is 24.9 Å². The molecule has 2 atom stereocenters. The van der Waals surface area contributed by atoms with Crippen molar-refractivity contribution in [3.05, 3.63) is 59.8 Å². The first-order valence-corrected chi connectivity index (χ1v) is 13.0. The smallest absolute Gasteiger partial charge is 0.234 e. The molecule has 9 heteroatoms. The first-order chi connectivity index (χ1) is 18.6. The van der Waals surface area contributed by atoms with E-state index in [1.807, 2.05) is 52.9 Å². The Morgan fingerprint density at radius 1 is 1.24 bits per heavy atom. The summed E-state index contributed by atoms with van der Waals surface area (Å²) in [6.07, 6.45) is 6.45. The van der Waals surface area contributed by atoms with Crippen LogP contribution < -0.4 is 5.32 Å². The minimum atomic E-state index is -0.191. The largest absolute Gasteiger partial charge is 0.356 e. The third-order valence-corrected chi connectivity index (χ3v) is 6.44. The van der Waals surface area contributed by atoms with E-state index in [4.69, 9.17) is 14.0 Å². The van der Waals surface area contributed by atoms with Crippen molar-refractivity contribution in [3.8, 4) is 35.0 Å². The first kappa shape index (κ1) is 25.7. The van der Waals surface area contributed by atoms with Gasteiger partial charge in [-0.3, -0.25) is 9.69 Å². The second-order valence-corrected chi connectivity index (χ2v) is 9.36. The van der Waals surface area contributed by atoms with Gasteiger partial charge >= 0.3 is 0 Å². The van der Waals surface area contributed by atoms with Crippen LogP contribution in [0.4, 0.5) is 0 Å². The predicted octanol–water partition coefficient (Wildman–Crippen LogP) is 2.98. The van der Waals surface area contributed by atoms with E-state index in [2.05, 4.69) is 39.1 Å². The molecule has 0 aliphatic carbocycles. The van der Waals surface area contributed by atoms with E-state index >= 15 is 0 Å². The van der Waals surface area contributed by atoms with Crippen LogP contribution in [0.1, 0.15) is 49.4 Å². The standard InChI is InChI=1S/C29H31N5O4/c1-22(37-28-8-4-6-18-36-28)29-31-14-17-34(29)20-25-19-26(38-32-25)24-11-9-23(10-12-24)7-3-2-5-15-33-16-13-30-27(35)21-33/h9-12,14,17,19,22,28H,4,6,8,13,15-16,18,20-21H2,1H3,(H,30,35)/t22-,28?/m0/s1. The Kier molecular flexibility index (Phi) is 8.52. The summed E-state index contributed by atoms with van der Waals surface area (Å²) in [4.78, 5) is 17.9. The molecular formula is C29H31N5O4. The number of ether oxygens (including phenoxy) is 2. The van der Waals surface area contributed by atoms with Crippen LogP contribution in [0, 0.1) is 23.7 Å². The zero-order valence-corrected chi connectivity index (χ0v) is 21.5. The quantitative estimate of drug-likeness (QED) is 0.486. The van der Waals surface area contributed by atoms with Gasteiger partial charge in [-0.05, 0) is 62.3 Å². The molecule has 5 rings (SSSR count). The van der Waals surface area contributed by atoms with Crippen LogP contribution in [0.2, 0.25) is 0 Å². The van der Waals surface area contributed by atoms with Crippen LogP contribution in [0.3, 0.4) is 0 Å². The fourth-order valence-electron chi connectivity index (χ4n) is 4.46. The minimum absolute atomic E-state index is 0.0409. The lowest BCUT2D eigenvalue weighted by atomic mass is 10.1. The van der Waals surface area contributed by atoms with Gasteiger partial charge in [0.15, 0.2) is 12.1 Å². The highest BCUT2D eigenvalue weighted by atomic mass is 16.7. The van der Waals surface area contributed by atoms with Crippen LogP contribution in [-0.4, -0.2) is 64.6 Å². The van der Waals surface area contributed by atoms with Crippen molar-refractivity contribution in [2.45, 2.75) is 45.1 Å². The van der Waals surface area contributed by atoms with Crippen molar-refractivity contribution >= 4 is 5.91 Å². The van der Waals surface area contributed by atoms with Gasteiger partial charge in [0.1, 0.15) is 17.6 Å². The molecule has 1 unspecified atom stereocenters. The molecule has 1 aromatic carbocycles. The van der Waals surface area contributed by atoms with Crippen LogP contribution in [0.5, 0.6) is 0 Å². The number of nitrogens with one attached hydrogen (secondary N) is 1. The minimum Gasteiger partial charge on any atom is -0.356 e. The van der Waals surface area contributed by atoms with Crippen LogP contribution >= 0.6 is 0 Å². The Morgan fingerprint density at radius 2 is 2.13 bits per heavy atom. The normalized spacial score (nSPS) is 18.6. The highest BCUT2D eigenvalue weighted by Gasteiger charge is 2.21. The molecule has 1 N–H and O–H groups in total. The van der Waals surface area contributed by atoms with E-state index in [9.17, 15) is 4.79 Å². The Labute approximate surface area is 222 Å². The van der Waals surface area contributed by atoms with E-state index in [1.54, 1.807) is 6.20 Å². The van der Waals surface area contributed by atoms with Gasteiger partial charge in [0.25, 0.3) is 0 Å². The second kappa shape index (κ2) is 12.6. The lowest BCUT2D eigenvalue weighted by molar-refractivity contribution is -0.188. The van der Waals surface area contributed by atoms with Crippen molar-refractivity contribution < 1.29 is 18.8 Å². The number of rotatable bonds is 7. The molecular weight excluding hydrogens is 482 g/mol. The van der Waals surface area contributed by atoms with E-state index in [-0.39, 0.29) is 18.3 Å². The van der Waals surface area contributed by atoms with Gasteiger partial charge in [-0.2, -0.15) is 0 Å². The number of nitrogens with zero attached hydrogens (tertiary/aromatic N) is 4. The molecule has 0 saturated carbocycles. The summed E-state index contributed by atoms with van der Waals surface area (Å²) in [6.45, 7) is 5.68. The average molecular weight is 514 g/mol. The Hall–Kier alpha value is -3.89. The lowest BCUT2D eigenvalue weighted by Gasteiger charge is -2.26. The monoisotopic (exact) mass is 513 g/mol. The van der Waals surface area contributed by atoms with E-state index in [0.717, 1.165) is 55.1 Å². The molecule has 4 heterocycles. The molecule has 2 aromatic heterocycles. The number of carbonyl (C=O) groups is 1. The van der Waals surface area contributed by atoms with Crippen LogP contribution in [0.25, 0.3) is 11.3 Å². The number of carbonyl (C=O) groups excluding carboxylic acids is 1. The maximum atomic E-state index is 11.4. The molecule has 38 heavy (non-hydrogen) atoms. The molecule has 2 aliphatic heterocycles. The molecule has 3 aromatic rings. The third-order valence-electron chi connectivity index (χ3n) is 6.44. The molecule has 0 bridgehead atoms. The number of aromatic nitrogens is 3. The van der Waals surface area contributed by atoms with Gasteiger partial charge in [0.05, 0.1) is 19.6 Å². The predicted molar refractivity (Wildman–Crippen MR) is 140 cm³/mol. The summed E-state index contributed by atoms with van der Waals surface area (Å²) in [5, 5.41) is 7.06. The number of hydrogen-bond donors (Lipinski definition) is 1. The molecule has 2 fully saturated rings. The molecule has 1 amide bonds. The summed E-state index contributed by atoms with van der Waals surface area (Å²) in [5.74, 6) is 13.4. The Morgan fingerprint density at radius 3 is 2.95 bits per heavy atom. The zero-order valence-electron chi connectivity index (χ0n) is 21.5. The zero-order chi connectivity index (χ0) is 26.2. The summed E-state index contributed by atoms with van der Waals surface area (Å²) < 4.78 is 19.4. The second-order valence-electron chi connectivity index (χ2n) is 9.36. The molecule has 2 saturated heterocycles. The maximum Gasteiger partial charge on any atom is 0.234 e. The van der Waals surface area contributed by atoms with Gasteiger partial charge < -0.3 is 23.9 Å². The highest BCUT2D eigenvalue weighted by Crippen LogP contribution is 2.25. The van der Waals surface area contributed by atoms with E-state index in [0.29, 0.717) is 31.9 Å². The van der Waals surface area contributed by atoms with Gasteiger partial charge in [-0.1, -0.05) is 17.0 Å². The maximum absolute atomic E-state index is 11.4. The average Bonchev–Trinajstić information content (AvgIpc) is 3.60. The summed E-state index contributed by atoms with van der Waals surface area (Å²) in [7, 11) is 0. The number of imidazole rings is 1. The molecule has 9 nitrogen and oxygen atoms in total. The molecule has 0 radical (unpaired) electrons. The number of benzene rings is 1. The Bertz CT molecular complexity index is 1350. The molecule has 196 valence electrons.